The number of halogens is 4. The fourth-order valence-electron chi connectivity index (χ4n) is 1.67. The minimum atomic E-state index is -4.54. The predicted octanol–water partition coefficient (Wildman–Crippen LogP) is 4.49. The Balaban J connectivity index is 2.29. The third-order valence-corrected chi connectivity index (χ3v) is 2.85. The van der Waals surface area contributed by atoms with Crippen molar-refractivity contribution in [2.24, 2.45) is 0 Å². The summed E-state index contributed by atoms with van der Waals surface area (Å²) in [5.41, 5.74) is -1.05. The molecule has 0 atom stereocenters. The van der Waals surface area contributed by atoms with Crippen LogP contribution in [-0.2, 0) is 6.18 Å². The minimum absolute atomic E-state index is 0.000179. The van der Waals surface area contributed by atoms with Gasteiger partial charge in [-0.1, -0.05) is 17.7 Å². The number of alkyl halides is 3. The molecule has 116 valence electrons. The molecule has 1 aromatic heterocycles. The normalized spacial score (nSPS) is 11.1. The predicted molar refractivity (Wildman–Crippen MR) is 80.5 cm³/mol. The molecule has 1 aromatic carbocycles. The zero-order valence-corrected chi connectivity index (χ0v) is 12.0. The van der Waals surface area contributed by atoms with Gasteiger partial charge in [0, 0.05) is 17.8 Å². The van der Waals surface area contributed by atoms with Gasteiger partial charge in [0.05, 0.1) is 11.3 Å². The minimum Gasteiger partial charge on any atom is -0.366 e. The van der Waals surface area contributed by atoms with Crippen molar-refractivity contribution in [1.82, 2.24) is 9.97 Å². The first-order valence-corrected chi connectivity index (χ1v) is 6.59. The van der Waals surface area contributed by atoms with Crippen molar-refractivity contribution in [2.45, 2.75) is 6.18 Å². The molecular weight excluding hydrogens is 317 g/mol. The summed E-state index contributed by atoms with van der Waals surface area (Å²) in [5.74, 6) is 0.516. The summed E-state index contributed by atoms with van der Waals surface area (Å²) < 4.78 is 39.0. The quantitative estimate of drug-likeness (QED) is 0.794. The number of hydrogen-bond acceptors (Lipinski definition) is 4. The molecule has 2 N–H and O–H groups in total. The van der Waals surface area contributed by atoms with E-state index in [9.17, 15) is 13.2 Å². The molecule has 4 nitrogen and oxygen atoms in total. The van der Waals surface area contributed by atoms with E-state index < -0.39 is 11.7 Å². The van der Waals surface area contributed by atoms with Crippen molar-refractivity contribution in [1.29, 1.82) is 0 Å². The molecule has 0 saturated carbocycles. The molecule has 0 bridgehead atoms. The molecule has 0 aliphatic rings. The highest BCUT2D eigenvalue weighted by molar-refractivity contribution is 6.30. The third kappa shape index (κ3) is 4.11. The van der Waals surface area contributed by atoms with Crippen LogP contribution >= 0.6 is 11.6 Å². The zero-order valence-electron chi connectivity index (χ0n) is 11.3. The summed E-state index contributed by atoms with van der Waals surface area (Å²) in [6, 6.07) is 5.04. The highest BCUT2D eigenvalue weighted by Gasteiger charge is 2.34. The van der Waals surface area contributed by atoms with Gasteiger partial charge in [-0.2, -0.15) is 18.2 Å². The molecule has 0 radical (unpaired) electrons. The molecule has 1 heterocycles. The van der Waals surface area contributed by atoms with Crippen LogP contribution in [0.5, 0.6) is 0 Å². The van der Waals surface area contributed by atoms with Gasteiger partial charge >= 0.3 is 6.18 Å². The van der Waals surface area contributed by atoms with Gasteiger partial charge in [0.15, 0.2) is 0 Å². The summed E-state index contributed by atoms with van der Waals surface area (Å²) in [6.45, 7) is 4.03. The van der Waals surface area contributed by atoms with E-state index in [2.05, 4.69) is 27.2 Å². The number of anilines is 3. The van der Waals surface area contributed by atoms with Gasteiger partial charge in [0.1, 0.15) is 5.82 Å². The molecule has 0 spiro atoms. The van der Waals surface area contributed by atoms with Crippen molar-refractivity contribution >= 4 is 29.1 Å². The van der Waals surface area contributed by atoms with Crippen molar-refractivity contribution < 1.29 is 13.2 Å². The van der Waals surface area contributed by atoms with Crippen LogP contribution in [0.2, 0.25) is 5.02 Å². The van der Waals surface area contributed by atoms with Crippen molar-refractivity contribution in [3.63, 3.8) is 0 Å². The van der Waals surface area contributed by atoms with Crippen molar-refractivity contribution in [3.05, 3.63) is 53.7 Å². The molecule has 2 aromatic rings. The van der Waals surface area contributed by atoms with Gasteiger partial charge in [-0.25, -0.2) is 4.98 Å². The number of hydrogen-bond donors (Lipinski definition) is 2. The maximum absolute atomic E-state index is 13.0. The average molecular weight is 329 g/mol. The fourth-order valence-corrected chi connectivity index (χ4v) is 1.85. The van der Waals surface area contributed by atoms with Gasteiger partial charge in [-0.3, -0.25) is 0 Å². The van der Waals surface area contributed by atoms with Gasteiger partial charge in [0.25, 0.3) is 0 Å². The number of aromatic nitrogens is 2. The average Bonchev–Trinajstić information content (AvgIpc) is 2.46. The van der Waals surface area contributed by atoms with Gasteiger partial charge < -0.3 is 10.6 Å². The SMILES string of the molecule is C=CCNc1ccnc(Nc2ccc(Cl)cc2C(F)(F)F)n1. The number of rotatable bonds is 5. The maximum atomic E-state index is 13.0. The molecule has 0 saturated heterocycles. The van der Waals surface area contributed by atoms with Crippen LogP contribution in [0.25, 0.3) is 0 Å². The molecule has 0 amide bonds. The Labute approximate surface area is 130 Å². The molecule has 2 rings (SSSR count). The summed E-state index contributed by atoms with van der Waals surface area (Å²) in [5, 5.41) is 5.48. The second-order valence-corrected chi connectivity index (χ2v) is 4.68. The maximum Gasteiger partial charge on any atom is 0.418 e. The molecule has 8 heteroatoms. The summed E-state index contributed by atoms with van der Waals surface area (Å²) >= 11 is 5.63. The molecule has 0 unspecified atom stereocenters. The van der Waals surface area contributed by atoms with Crippen LogP contribution in [-0.4, -0.2) is 16.5 Å². The highest BCUT2D eigenvalue weighted by atomic mass is 35.5. The first-order chi connectivity index (χ1) is 10.4. The standard InChI is InChI=1S/C14H12ClF3N4/c1-2-6-19-12-5-7-20-13(22-12)21-11-4-3-9(15)8-10(11)14(16,17)18/h2-5,7-8H,1,6H2,(H2,19,20,21,22). The van der Waals surface area contributed by atoms with Crippen LogP contribution in [0.1, 0.15) is 5.56 Å². The largest absolute Gasteiger partial charge is 0.418 e. The first-order valence-electron chi connectivity index (χ1n) is 6.22. The van der Waals surface area contributed by atoms with E-state index in [1.807, 2.05) is 0 Å². The van der Waals surface area contributed by atoms with Crippen molar-refractivity contribution in [2.75, 3.05) is 17.2 Å². The summed E-state index contributed by atoms with van der Waals surface area (Å²) in [7, 11) is 0. The van der Waals surface area contributed by atoms with Crippen LogP contribution < -0.4 is 10.6 Å². The smallest absolute Gasteiger partial charge is 0.366 e. The van der Waals surface area contributed by atoms with Crippen molar-refractivity contribution in [3.8, 4) is 0 Å². The van der Waals surface area contributed by atoms with Gasteiger partial charge in [-0.15, -0.1) is 6.58 Å². The fraction of sp³-hybridized carbons (Fsp3) is 0.143. The number of nitrogens with one attached hydrogen (secondary N) is 2. The Kier molecular flexibility index (Phi) is 4.87. The van der Waals surface area contributed by atoms with Gasteiger partial charge in [-0.05, 0) is 24.3 Å². The molecule has 0 aliphatic carbocycles. The molecular formula is C14H12ClF3N4. The lowest BCUT2D eigenvalue weighted by atomic mass is 10.1. The Morgan fingerprint density at radius 3 is 2.73 bits per heavy atom. The Hall–Kier alpha value is -2.28. The van der Waals surface area contributed by atoms with Gasteiger partial charge in [0.2, 0.25) is 5.95 Å². The third-order valence-electron chi connectivity index (χ3n) is 2.62. The Bertz CT molecular complexity index is 673. The van der Waals surface area contributed by atoms with Crippen LogP contribution in [0, 0.1) is 0 Å². The molecule has 0 aliphatic heterocycles. The zero-order chi connectivity index (χ0) is 16.2. The summed E-state index contributed by atoms with van der Waals surface area (Å²) in [4.78, 5) is 7.97. The van der Waals surface area contributed by atoms with E-state index in [-0.39, 0.29) is 16.7 Å². The Morgan fingerprint density at radius 1 is 1.27 bits per heavy atom. The molecule has 0 fully saturated rings. The highest BCUT2D eigenvalue weighted by Crippen LogP contribution is 2.37. The van der Waals surface area contributed by atoms with Crippen LogP contribution in [0.15, 0.2) is 43.1 Å². The summed E-state index contributed by atoms with van der Waals surface area (Å²) in [6.07, 6.45) is -1.47. The lowest BCUT2D eigenvalue weighted by molar-refractivity contribution is -0.136. The monoisotopic (exact) mass is 328 g/mol. The topological polar surface area (TPSA) is 49.8 Å². The van der Waals surface area contributed by atoms with E-state index in [0.29, 0.717) is 12.4 Å². The van der Waals surface area contributed by atoms with E-state index in [1.165, 1.54) is 18.3 Å². The van der Waals surface area contributed by atoms with E-state index in [1.54, 1.807) is 12.1 Å². The van der Waals surface area contributed by atoms with E-state index in [4.69, 9.17) is 11.6 Å². The Morgan fingerprint density at radius 2 is 2.05 bits per heavy atom. The second-order valence-electron chi connectivity index (χ2n) is 4.25. The number of benzene rings is 1. The first kappa shape index (κ1) is 16.1. The van der Waals surface area contributed by atoms with Crippen LogP contribution in [0.3, 0.4) is 0 Å². The lowest BCUT2D eigenvalue weighted by Gasteiger charge is -2.14. The molecule has 22 heavy (non-hydrogen) atoms. The lowest BCUT2D eigenvalue weighted by Crippen LogP contribution is -2.10. The second kappa shape index (κ2) is 6.65. The van der Waals surface area contributed by atoms with Crippen LogP contribution in [0.4, 0.5) is 30.6 Å². The van der Waals surface area contributed by atoms with E-state index in [0.717, 1.165) is 6.07 Å². The number of nitrogens with zero attached hydrogens (tertiary/aromatic N) is 2. The van der Waals surface area contributed by atoms with E-state index >= 15 is 0 Å².